The molecule has 2 N–H and O–H groups in total. The molecule has 1 aliphatic rings. The van der Waals surface area contributed by atoms with Gasteiger partial charge in [0.1, 0.15) is 0 Å². The molecule has 0 aromatic heterocycles. The van der Waals surface area contributed by atoms with Crippen LogP contribution in [0.1, 0.15) is 44.0 Å². The van der Waals surface area contributed by atoms with Crippen LogP contribution in [0.5, 0.6) is 0 Å². The molecular formula is C17H27ClN2OS. The zero-order chi connectivity index (χ0) is 15.4. The minimum absolute atomic E-state index is 0. The maximum atomic E-state index is 12.8. The molecule has 1 atom stereocenters. The summed E-state index contributed by atoms with van der Waals surface area (Å²) in [5.41, 5.74) is 6.81. The van der Waals surface area contributed by atoms with E-state index >= 15 is 0 Å². The second-order valence-electron chi connectivity index (χ2n) is 6.15. The fourth-order valence-corrected chi connectivity index (χ4v) is 3.75. The Labute approximate surface area is 144 Å². The number of benzene rings is 1. The van der Waals surface area contributed by atoms with E-state index in [9.17, 15) is 4.79 Å². The van der Waals surface area contributed by atoms with Crippen LogP contribution in [0.3, 0.4) is 0 Å². The van der Waals surface area contributed by atoms with Gasteiger partial charge < -0.3 is 10.6 Å². The molecule has 0 radical (unpaired) electrons. The van der Waals surface area contributed by atoms with Crippen molar-refractivity contribution < 1.29 is 4.79 Å². The lowest BCUT2D eigenvalue weighted by atomic mass is 9.90. The molecular weight excluding hydrogens is 316 g/mol. The van der Waals surface area contributed by atoms with Gasteiger partial charge in [-0.05, 0) is 37.8 Å². The van der Waals surface area contributed by atoms with Gasteiger partial charge in [0, 0.05) is 29.3 Å². The average Bonchev–Trinajstić information content (AvgIpc) is 2.46. The van der Waals surface area contributed by atoms with E-state index in [0.717, 1.165) is 36.4 Å². The van der Waals surface area contributed by atoms with Gasteiger partial charge in [0.05, 0.1) is 5.56 Å². The zero-order valence-electron chi connectivity index (χ0n) is 13.6. The summed E-state index contributed by atoms with van der Waals surface area (Å²) < 4.78 is 0. The van der Waals surface area contributed by atoms with Crippen molar-refractivity contribution in [3.63, 3.8) is 0 Å². The van der Waals surface area contributed by atoms with E-state index in [-0.39, 0.29) is 24.4 Å². The third-order valence-electron chi connectivity index (χ3n) is 4.05. The molecule has 22 heavy (non-hydrogen) atoms. The van der Waals surface area contributed by atoms with E-state index in [4.69, 9.17) is 5.73 Å². The lowest BCUT2D eigenvalue weighted by Crippen LogP contribution is -2.42. The number of carbonyl (C=O) groups is 1. The molecule has 1 saturated heterocycles. The number of halogens is 1. The van der Waals surface area contributed by atoms with Gasteiger partial charge in [-0.3, -0.25) is 4.79 Å². The summed E-state index contributed by atoms with van der Waals surface area (Å²) in [6.45, 7) is 8.02. The highest BCUT2D eigenvalue weighted by Gasteiger charge is 2.26. The monoisotopic (exact) mass is 342 g/mol. The van der Waals surface area contributed by atoms with Crippen LogP contribution >= 0.6 is 24.2 Å². The number of nitrogens with two attached hydrogens (primary N) is 1. The SMILES string of the molecule is CC(C)Sc1ccccc1C(=O)N1CCC(C(C)N)CC1.Cl. The Morgan fingerprint density at radius 1 is 1.23 bits per heavy atom. The highest BCUT2D eigenvalue weighted by atomic mass is 35.5. The van der Waals surface area contributed by atoms with Crippen molar-refractivity contribution in [1.29, 1.82) is 0 Å². The van der Waals surface area contributed by atoms with Crippen LogP contribution in [0.2, 0.25) is 0 Å². The lowest BCUT2D eigenvalue weighted by Gasteiger charge is -2.34. The highest BCUT2D eigenvalue weighted by molar-refractivity contribution is 8.00. The Morgan fingerprint density at radius 2 is 1.82 bits per heavy atom. The Kier molecular flexibility index (Phi) is 7.74. The van der Waals surface area contributed by atoms with E-state index in [1.165, 1.54) is 0 Å². The first-order valence-corrected chi connectivity index (χ1v) is 8.67. The summed E-state index contributed by atoms with van der Waals surface area (Å²) in [5, 5.41) is 0.475. The number of piperidine rings is 1. The molecule has 2 rings (SSSR count). The van der Waals surface area contributed by atoms with Crippen LogP contribution in [0.4, 0.5) is 0 Å². The molecule has 1 aromatic rings. The van der Waals surface area contributed by atoms with Crippen molar-refractivity contribution in [1.82, 2.24) is 4.90 Å². The third-order valence-corrected chi connectivity index (χ3v) is 5.13. The van der Waals surface area contributed by atoms with Gasteiger partial charge in [0.15, 0.2) is 0 Å². The summed E-state index contributed by atoms with van der Waals surface area (Å²) >= 11 is 1.76. The van der Waals surface area contributed by atoms with E-state index in [1.807, 2.05) is 29.2 Å². The number of rotatable bonds is 4. The fourth-order valence-electron chi connectivity index (χ4n) is 2.80. The van der Waals surface area contributed by atoms with E-state index in [1.54, 1.807) is 11.8 Å². The number of thioether (sulfide) groups is 1. The standard InChI is InChI=1S/C17H26N2OS.ClH/c1-12(2)21-16-7-5-4-6-15(16)17(20)19-10-8-14(9-11-19)13(3)18;/h4-7,12-14H,8-11,18H2,1-3H3;1H. The molecule has 0 bridgehead atoms. The lowest BCUT2D eigenvalue weighted by molar-refractivity contribution is 0.0677. The molecule has 124 valence electrons. The third kappa shape index (κ3) is 4.90. The number of amides is 1. The maximum Gasteiger partial charge on any atom is 0.254 e. The van der Waals surface area contributed by atoms with Gasteiger partial charge >= 0.3 is 0 Å². The van der Waals surface area contributed by atoms with Crippen molar-refractivity contribution in [2.45, 2.75) is 49.8 Å². The molecule has 3 nitrogen and oxygen atoms in total. The Balaban J connectivity index is 0.00000242. The topological polar surface area (TPSA) is 46.3 Å². The molecule has 0 saturated carbocycles. The van der Waals surface area contributed by atoms with Crippen molar-refractivity contribution in [2.75, 3.05) is 13.1 Å². The maximum absolute atomic E-state index is 12.8. The number of carbonyl (C=O) groups excluding carboxylic acids is 1. The van der Waals surface area contributed by atoms with E-state index < -0.39 is 0 Å². The van der Waals surface area contributed by atoms with E-state index in [2.05, 4.69) is 20.8 Å². The van der Waals surface area contributed by atoms with Crippen molar-refractivity contribution in [3.8, 4) is 0 Å². The van der Waals surface area contributed by atoms with Gasteiger partial charge in [0.25, 0.3) is 5.91 Å². The van der Waals surface area contributed by atoms with Crippen molar-refractivity contribution >= 4 is 30.1 Å². The summed E-state index contributed by atoms with van der Waals surface area (Å²) in [4.78, 5) is 15.8. The number of nitrogens with zero attached hydrogens (tertiary/aromatic N) is 1. The number of hydrogen-bond donors (Lipinski definition) is 1. The first kappa shape index (κ1) is 19.3. The molecule has 1 aliphatic heterocycles. The summed E-state index contributed by atoms with van der Waals surface area (Å²) in [5.74, 6) is 0.719. The van der Waals surface area contributed by atoms with Crippen LogP contribution in [-0.2, 0) is 0 Å². The van der Waals surface area contributed by atoms with Crippen LogP contribution in [0.15, 0.2) is 29.2 Å². The Bertz CT molecular complexity index is 485. The molecule has 1 unspecified atom stereocenters. The Hall–Kier alpha value is -0.710. The molecule has 1 fully saturated rings. The molecule has 1 heterocycles. The predicted molar refractivity (Wildman–Crippen MR) is 97.0 cm³/mol. The molecule has 5 heteroatoms. The fraction of sp³-hybridized carbons (Fsp3) is 0.588. The first-order chi connectivity index (χ1) is 9.99. The van der Waals surface area contributed by atoms with Gasteiger partial charge in [-0.25, -0.2) is 0 Å². The molecule has 0 aliphatic carbocycles. The first-order valence-electron chi connectivity index (χ1n) is 7.79. The van der Waals surface area contributed by atoms with Crippen LogP contribution < -0.4 is 5.73 Å². The summed E-state index contributed by atoms with van der Waals surface area (Å²) in [7, 11) is 0. The largest absolute Gasteiger partial charge is 0.339 e. The highest BCUT2D eigenvalue weighted by Crippen LogP contribution is 2.29. The normalized spacial score (nSPS) is 17.2. The minimum atomic E-state index is 0. The summed E-state index contributed by atoms with van der Waals surface area (Å²) in [6, 6.07) is 8.18. The molecule has 0 spiro atoms. The van der Waals surface area contributed by atoms with Crippen molar-refractivity contribution in [2.24, 2.45) is 11.7 Å². The summed E-state index contributed by atoms with van der Waals surface area (Å²) in [6.07, 6.45) is 2.03. The van der Waals surface area contributed by atoms with Crippen LogP contribution in [0, 0.1) is 5.92 Å². The van der Waals surface area contributed by atoms with Gasteiger partial charge in [-0.1, -0.05) is 26.0 Å². The zero-order valence-corrected chi connectivity index (χ0v) is 15.3. The second kappa shape index (κ2) is 8.80. The number of hydrogen-bond acceptors (Lipinski definition) is 3. The van der Waals surface area contributed by atoms with Crippen molar-refractivity contribution in [3.05, 3.63) is 29.8 Å². The molecule has 1 amide bonds. The average molecular weight is 343 g/mol. The second-order valence-corrected chi connectivity index (χ2v) is 7.77. The number of likely N-dealkylation sites (tertiary alicyclic amines) is 1. The minimum Gasteiger partial charge on any atom is -0.339 e. The quantitative estimate of drug-likeness (QED) is 0.846. The van der Waals surface area contributed by atoms with E-state index in [0.29, 0.717) is 11.2 Å². The van der Waals surface area contributed by atoms with Gasteiger partial charge in [-0.2, -0.15) is 0 Å². The van der Waals surface area contributed by atoms with Crippen LogP contribution in [-0.4, -0.2) is 35.2 Å². The Morgan fingerprint density at radius 3 is 2.36 bits per heavy atom. The van der Waals surface area contributed by atoms with Gasteiger partial charge in [-0.15, -0.1) is 24.2 Å². The smallest absolute Gasteiger partial charge is 0.254 e. The molecule has 1 aromatic carbocycles. The van der Waals surface area contributed by atoms with Gasteiger partial charge in [0.2, 0.25) is 0 Å². The predicted octanol–water partition coefficient (Wildman–Crippen LogP) is 3.81. The van der Waals surface area contributed by atoms with Crippen LogP contribution in [0.25, 0.3) is 0 Å².